The van der Waals surface area contributed by atoms with E-state index in [-0.39, 0.29) is 12.1 Å². The summed E-state index contributed by atoms with van der Waals surface area (Å²) in [7, 11) is 0. The Morgan fingerprint density at radius 1 is 1.31 bits per heavy atom. The number of carbonyl (C=O) groups is 1. The molecule has 149 valence electrons. The molecule has 1 saturated heterocycles. The second kappa shape index (κ2) is 8.69. The van der Waals surface area contributed by atoms with Gasteiger partial charge in [-0.3, -0.25) is 0 Å². The quantitative estimate of drug-likeness (QED) is 0.375. The molecule has 29 heavy (non-hydrogen) atoms. The van der Waals surface area contributed by atoms with Gasteiger partial charge in [-0.25, -0.2) is 0 Å². The molecule has 1 radical (unpaired) electrons. The van der Waals surface area contributed by atoms with E-state index in [2.05, 4.69) is 25.5 Å². The van der Waals surface area contributed by atoms with Crippen molar-refractivity contribution in [2.24, 2.45) is 11.5 Å². The molecule has 2 atom stereocenters. The molecule has 0 aliphatic carbocycles. The van der Waals surface area contributed by atoms with Crippen LogP contribution in [0.2, 0.25) is 0 Å². The Kier molecular flexibility index (Phi) is 5.84. The maximum absolute atomic E-state index is 11.9. The van der Waals surface area contributed by atoms with Crippen LogP contribution in [0.5, 0.6) is 0 Å². The van der Waals surface area contributed by atoms with Crippen LogP contribution in [0.4, 0.5) is 5.95 Å². The minimum atomic E-state index is -0.620. The van der Waals surface area contributed by atoms with E-state index in [1.807, 2.05) is 24.3 Å². The van der Waals surface area contributed by atoms with Crippen molar-refractivity contribution >= 4 is 36.4 Å². The van der Waals surface area contributed by atoms with Crippen LogP contribution >= 0.6 is 0 Å². The minimum absolute atomic E-state index is 0.0434. The molecule has 0 spiro atoms. The standard InChI is InChI=1S/C18H20AsN8O2/c20-14-4-7-29-10-15(14)25-18-22-9-13(17(21)28)16(26-18)19-11-2-1-3-12(8-11)27-23-5-6-24-27/h1-3,5-6,8-9,14-15H,4,7,10,20H2,(H2,21,28)(H,22,25,26)/t14-,15+/m0/s1. The number of hydrogen-bond donors (Lipinski definition) is 3. The molecule has 2 aromatic heterocycles. The molecule has 3 aromatic rings. The first-order valence-corrected chi connectivity index (χ1v) is 10.9. The predicted octanol–water partition coefficient (Wildman–Crippen LogP) is -1.66. The average Bonchev–Trinajstić information content (AvgIpc) is 3.25. The number of aromatic nitrogens is 5. The average molecular weight is 455 g/mol. The van der Waals surface area contributed by atoms with Crippen molar-refractivity contribution in [3.8, 4) is 5.69 Å². The number of ether oxygens (including phenoxy) is 1. The molecule has 4 rings (SSSR count). The van der Waals surface area contributed by atoms with Crippen molar-refractivity contribution in [3.05, 3.63) is 48.4 Å². The molecule has 1 aliphatic heterocycles. The van der Waals surface area contributed by atoms with Crippen LogP contribution in [0.25, 0.3) is 5.69 Å². The first-order chi connectivity index (χ1) is 14.1. The summed E-state index contributed by atoms with van der Waals surface area (Å²) in [5, 5.41) is 11.5. The van der Waals surface area contributed by atoms with Crippen LogP contribution in [0.1, 0.15) is 16.8 Å². The number of nitrogens with one attached hydrogen (secondary N) is 1. The number of amides is 1. The normalized spacial score (nSPS) is 19.5. The summed E-state index contributed by atoms with van der Waals surface area (Å²) in [5.74, 6) is -0.138. The number of nitrogens with two attached hydrogens (primary N) is 2. The Morgan fingerprint density at radius 2 is 2.14 bits per heavy atom. The van der Waals surface area contributed by atoms with Gasteiger partial charge in [-0.05, 0) is 0 Å². The van der Waals surface area contributed by atoms with Crippen LogP contribution in [-0.4, -0.2) is 71.9 Å². The fourth-order valence-corrected chi connectivity index (χ4v) is 5.10. The SMILES string of the molecule is NC(=O)c1cnc(N[C@@H]2COCC[C@@H]2N)nc1[As]c1cccc(-n2nccn2)c1. The first kappa shape index (κ1) is 19.5. The fraction of sp³-hybridized carbons (Fsp3) is 0.278. The van der Waals surface area contributed by atoms with Crippen LogP contribution in [-0.2, 0) is 4.74 Å². The molecule has 0 bridgehead atoms. The zero-order valence-corrected chi connectivity index (χ0v) is 17.3. The fourth-order valence-electron chi connectivity index (χ4n) is 2.93. The predicted molar refractivity (Wildman–Crippen MR) is 108 cm³/mol. The van der Waals surface area contributed by atoms with E-state index < -0.39 is 21.7 Å². The van der Waals surface area contributed by atoms with E-state index in [4.69, 9.17) is 16.2 Å². The molecule has 1 fully saturated rings. The Morgan fingerprint density at radius 3 is 2.90 bits per heavy atom. The molecule has 3 heterocycles. The van der Waals surface area contributed by atoms with Gasteiger partial charge < -0.3 is 0 Å². The molecule has 0 saturated carbocycles. The molecule has 5 N–H and O–H groups in total. The van der Waals surface area contributed by atoms with Crippen LogP contribution in [0.3, 0.4) is 0 Å². The molecule has 1 aromatic carbocycles. The third-order valence-corrected chi connectivity index (χ3v) is 6.76. The number of primary amides is 1. The number of anilines is 1. The summed E-state index contributed by atoms with van der Waals surface area (Å²) in [4.78, 5) is 22.3. The van der Waals surface area contributed by atoms with Gasteiger partial charge in [0.2, 0.25) is 0 Å². The summed E-state index contributed by atoms with van der Waals surface area (Å²) in [6.45, 7) is 1.14. The first-order valence-electron chi connectivity index (χ1n) is 9.05. The summed E-state index contributed by atoms with van der Waals surface area (Å²) >= 11 is -0.620. The maximum atomic E-state index is 11.9. The van der Waals surface area contributed by atoms with E-state index in [0.717, 1.165) is 16.5 Å². The molecule has 10 nitrogen and oxygen atoms in total. The van der Waals surface area contributed by atoms with Crippen molar-refractivity contribution in [2.45, 2.75) is 18.5 Å². The van der Waals surface area contributed by atoms with Crippen molar-refractivity contribution in [3.63, 3.8) is 0 Å². The van der Waals surface area contributed by atoms with Crippen LogP contribution < -0.4 is 25.6 Å². The summed E-state index contributed by atoms with van der Waals surface area (Å²) in [5.41, 5.74) is 12.8. The van der Waals surface area contributed by atoms with E-state index >= 15 is 0 Å². The van der Waals surface area contributed by atoms with Crippen molar-refractivity contribution in [2.75, 3.05) is 18.5 Å². The van der Waals surface area contributed by atoms with Crippen molar-refractivity contribution < 1.29 is 9.53 Å². The van der Waals surface area contributed by atoms with E-state index in [1.165, 1.54) is 11.0 Å². The van der Waals surface area contributed by atoms with Gasteiger partial charge in [0, 0.05) is 0 Å². The van der Waals surface area contributed by atoms with Crippen LogP contribution in [0, 0.1) is 0 Å². The van der Waals surface area contributed by atoms with Gasteiger partial charge in [0.15, 0.2) is 0 Å². The van der Waals surface area contributed by atoms with Gasteiger partial charge in [-0.15, -0.1) is 0 Å². The Balaban J connectivity index is 1.60. The monoisotopic (exact) mass is 455 g/mol. The molecule has 0 unspecified atom stereocenters. The van der Waals surface area contributed by atoms with Crippen molar-refractivity contribution in [1.29, 1.82) is 0 Å². The zero-order valence-electron chi connectivity index (χ0n) is 15.5. The summed E-state index contributed by atoms with van der Waals surface area (Å²) in [6.07, 6.45) is 5.47. The van der Waals surface area contributed by atoms with Gasteiger partial charge in [-0.2, -0.15) is 0 Å². The van der Waals surface area contributed by atoms with E-state index in [1.54, 1.807) is 12.4 Å². The Bertz CT molecular complexity index is 997. The molecule has 1 amide bonds. The Hall–Kier alpha value is -2.81. The van der Waals surface area contributed by atoms with Gasteiger partial charge in [-0.1, -0.05) is 0 Å². The van der Waals surface area contributed by atoms with Gasteiger partial charge in [0.1, 0.15) is 0 Å². The van der Waals surface area contributed by atoms with Crippen LogP contribution in [0.15, 0.2) is 42.9 Å². The second-order valence-corrected chi connectivity index (χ2v) is 8.96. The molecule has 11 heteroatoms. The molecular weight excluding hydrogens is 435 g/mol. The third-order valence-electron chi connectivity index (χ3n) is 4.47. The molecule has 1 aliphatic rings. The number of benzene rings is 1. The second-order valence-electron chi connectivity index (χ2n) is 6.52. The number of nitrogens with zero attached hydrogens (tertiary/aromatic N) is 5. The third kappa shape index (κ3) is 4.61. The van der Waals surface area contributed by atoms with E-state index in [9.17, 15) is 4.79 Å². The number of hydrogen-bond acceptors (Lipinski definition) is 8. The Labute approximate surface area is 173 Å². The van der Waals surface area contributed by atoms with E-state index in [0.29, 0.717) is 29.2 Å². The summed E-state index contributed by atoms with van der Waals surface area (Å²) in [6, 6.07) is 7.67. The molecular formula is C18H20AsN8O2. The number of rotatable bonds is 6. The van der Waals surface area contributed by atoms with Crippen molar-refractivity contribution in [1.82, 2.24) is 25.0 Å². The van der Waals surface area contributed by atoms with Gasteiger partial charge in [0.05, 0.1) is 0 Å². The topological polar surface area (TPSA) is 147 Å². The summed E-state index contributed by atoms with van der Waals surface area (Å²) < 4.78 is 7.14. The number of carbonyl (C=O) groups excluding carboxylic acids is 1. The van der Waals surface area contributed by atoms with Gasteiger partial charge >= 0.3 is 174 Å². The van der Waals surface area contributed by atoms with Gasteiger partial charge in [0.25, 0.3) is 0 Å². The zero-order chi connectivity index (χ0) is 20.2.